The number of hydrogen-bond acceptors (Lipinski definition) is 3. The van der Waals surface area contributed by atoms with Gasteiger partial charge in [0.25, 0.3) is 0 Å². The summed E-state index contributed by atoms with van der Waals surface area (Å²) in [4.78, 5) is 0. The van der Waals surface area contributed by atoms with Gasteiger partial charge in [-0.05, 0) is 32.1 Å². The van der Waals surface area contributed by atoms with Crippen molar-refractivity contribution in [2.75, 3.05) is 6.61 Å². The quantitative estimate of drug-likeness (QED) is 0.724. The van der Waals surface area contributed by atoms with Gasteiger partial charge in [-0.25, -0.2) is 0 Å². The molecule has 0 fully saturated rings. The zero-order chi connectivity index (χ0) is 12.0. The van der Waals surface area contributed by atoms with E-state index >= 15 is 0 Å². The average Bonchev–Trinajstić information content (AvgIpc) is 2.29. The van der Waals surface area contributed by atoms with E-state index in [1.807, 2.05) is 44.2 Å². The molecule has 1 aromatic rings. The van der Waals surface area contributed by atoms with E-state index < -0.39 is 0 Å². The Morgan fingerprint density at radius 2 is 2.06 bits per heavy atom. The van der Waals surface area contributed by atoms with Gasteiger partial charge in [0, 0.05) is 5.56 Å². The molecular formula is C13H12N2O. The Morgan fingerprint density at radius 1 is 1.38 bits per heavy atom. The van der Waals surface area contributed by atoms with Crippen LogP contribution in [0.25, 0.3) is 6.08 Å². The molecule has 1 rings (SSSR count). The molecule has 0 spiro atoms. The number of hydrogen-bond donors (Lipinski definition) is 0. The van der Waals surface area contributed by atoms with Gasteiger partial charge in [0.05, 0.1) is 6.61 Å². The monoisotopic (exact) mass is 212 g/mol. The maximum atomic E-state index is 8.70. The second kappa shape index (κ2) is 5.58. The van der Waals surface area contributed by atoms with Gasteiger partial charge in [0.15, 0.2) is 0 Å². The first-order valence-electron chi connectivity index (χ1n) is 4.96. The van der Waals surface area contributed by atoms with Crippen LogP contribution in [0.2, 0.25) is 0 Å². The highest BCUT2D eigenvalue weighted by Crippen LogP contribution is 2.22. The molecule has 0 N–H and O–H groups in total. The molecule has 0 amide bonds. The molecule has 16 heavy (non-hydrogen) atoms. The number of nitrogens with zero attached hydrogens (tertiary/aromatic N) is 2. The van der Waals surface area contributed by atoms with Crippen LogP contribution in [-0.4, -0.2) is 6.61 Å². The molecule has 0 heterocycles. The van der Waals surface area contributed by atoms with Gasteiger partial charge in [0.1, 0.15) is 23.5 Å². The number of nitriles is 2. The largest absolute Gasteiger partial charge is 0.493 e. The van der Waals surface area contributed by atoms with Crippen LogP contribution < -0.4 is 4.74 Å². The standard InChI is InChI=1S/C13H12N2O/c1-3-16-13-5-4-10(2)6-12(13)7-11(8-14)9-15/h4-7H,3H2,1-2H3. The van der Waals surface area contributed by atoms with Crippen molar-refractivity contribution in [3.05, 3.63) is 34.9 Å². The van der Waals surface area contributed by atoms with Crippen LogP contribution in [0.3, 0.4) is 0 Å². The minimum absolute atomic E-state index is 0.0755. The van der Waals surface area contributed by atoms with Crippen molar-refractivity contribution in [3.8, 4) is 17.9 Å². The van der Waals surface area contributed by atoms with Crippen LogP contribution >= 0.6 is 0 Å². The summed E-state index contributed by atoms with van der Waals surface area (Å²) in [5.41, 5.74) is 1.90. The summed E-state index contributed by atoms with van der Waals surface area (Å²) in [5.74, 6) is 0.691. The van der Waals surface area contributed by atoms with E-state index in [9.17, 15) is 0 Å². The molecule has 0 aliphatic heterocycles. The van der Waals surface area contributed by atoms with E-state index in [1.54, 1.807) is 0 Å². The molecule has 0 saturated heterocycles. The minimum atomic E-state index is 0.0755. The summed E-state index contributed by atoms with van der Waals surface area (Å²) < 4.78 is 5.42. The molecule has 3 heteroatoms. The SMILES string of the molecule is CCOc1ccc(C)cc1C=C(C#N)C#N. The van der Waals surface area contributed by atoms with Crippen LogP contribution in [-0.2, 0) is 0 Å². The number of ether oxygens (including phenoxy) is 1. The van der Waals surface area contributed by atoms with Crippen LogP contribution in [0.4, 0.5) is 0 Å². The van der Waals surface area contributed by atoms with Gasteiger partial charge in [-0.3, -0.25) is 0 Å². The molecule has 3 nitrogen and oxygen atoms in total. The summed E-state index contributed by atoms with van der Waals surface area (Å²) >= 11 is 0. The maximum Gasteiger partial charge on any atom is 0.130 e. The van der Waals surface area contributed by atoms with E-state index in [4.69, 9.17) is 15.3 Å². The second-order valence-electron chi connectivity index (χ2n) is 3.26. The molecule has 0 radical (unpaired) electrons. The number of allylic oxidation sites excluding steroid dienone is 1. The number of benzene rings is 1. The smallest absolute Gasteiger partial charge is 0.130 e. The lowest BCUT2D eigenvalue weighted by molar-refractivity contribution is 0.339. The molecule has 80 valence electrons. The third kappa shape index (κ3) is 2.87. The zero-order valence-electron chi connectivity index (χ0n) is 9.32. The van der Waals surface area contributed by atoms with Crippen molar-refractivity contribution < 1.29 is 4.74 Å². The second-order valence-corrected chi connectivity index (χ2v) is 3.26. The van der Waals surface area contributed by atoms with Crippen molar-refractivity contribution in [3.63, 3.8) is 0 Å². The van der Waals surface area contributed by atoms with Gasteiger partial charge in [-0.15, -0.1) is 0 Å². The van der Waals surface area contributed by atoms with Crippen molar-refractivity contribution in [1.29, 1.82) is 10.5 Å². The summed E-state index contributed by atoms with van der Waals surface area (Å²) in [6, 6.07) is 9.33. The fourth-order valence-electron chi connectivity index (χ4n) is 1.31. The van der Waals surface area contributed by atoms with E-state index in [1.165, 1.54) is 6.08 Å². The van der Waals surface area contributed by atoms with Gasteiger partial charge in [-0.2, -0.15) is 10.5 Å². The lowest BCUT2D eigenvalue weighted by atomic mass is 10.1. The van der Waals surface area contributed by atoms with Crippen molar-refractivity contribution in [2.24, 2.45) is 0 Å². The molecule has 0 aromatic heterocycles. The Hall–Kier alpha value is -2.26. The normalized spacial score (nSPS) is 8.75. The first-order valence-corrected chi connectivity index (χ1v) is 4.96. The molecule has 0 aliphatic carbocycles. The Balaban J connectivity index is 3.21. The Morgan fingerprint density at radius 3 is 2.62 bits per heavy atom. The molecule has 0 saturated carbocycles. The van der Waals surface area contributed by atoms with Gasteiger partial charge in [0.2, 0.25) is 0 Å². The number of aryl methyl sites for hydroxylation is 1. The topological polar surface area (TPSA) is 56.8 Å². The summed E-state index contributed by atoms with van der Waals surface area (Å²) in [6.45, 7) is 4.40. The van der Waals surface area contributed by atoms with E-state index in [0.29, 0.717) is 12.4 Å². The van der Waals surface area contributed by atoms with E-state index in [0.717, 1.165) is 11.1 Å². The van der Waals surface area contributed by atoms with Gasteiger partial charge < -0.3 is 4.74 Å². The van der Waals surface area contributed by atoms with Crippen molar-refractivity contribution in [1.82, 2.24) is 0 Å². The van der Waals surface area contributed by atoms with Crippen LogP contribution in [0, 0.1) is 29.6 Å². The van der Waals surface area contributed by atoms with Crippen LogP contribution in [0.1, 0.15) is 18.1 Å². The lowest BCUT2D eigenvalue weighted by Gasteiger charge is -2.07. The first-order chi connectivity index (χ1) is 7.71. The highest BCUT2D eigenvalue weighted by molar-refractivity contribution is 5.66. The summed E-state index contributed by atoms with van der Waals surface area (Å²) in [5, 5.41) is 17.4. The fraction of sp³-hybridized carbons (Fsp3) is 0.231. The molecule has 0 unspecified atom stereocenters. The predicted molar refractivity (Wildman–Crippen MR) is 61.6 cm³/mol. The Kier molecular flexibility index (Phi) is 4.12. The van der Waals surface area contributed by atoms with E-state index in [-0.39, 0.29) is 5.57 Å². The van der Waals surface area contributed by atoms with Crippen molar-refractivity contribution in [2.45, 2.75) is 13.8 Å². The lowest BCUT2D eigenvalue weighted by Crippen LogP contribution is -1.94. The Labute approximate surface area is 95.2 Å². The first kappa shape index (κ1) is 11.8. The van der Waals surface area contributed by atoms with Crippen LogP contribution in [0.15, 0.2) is 23.8 Å². The predicted octanol–water partition coefficient (Wildman–Crippen LogP) is 2.82. The maximum absolute atomic E-state index is 8.70. The molecule has 0 bridgehead atoms. The third-order valence-corrected chi connectivity index (χ3v) is 2.01. The molecule has 0 atom stereocenters. The van der Waals surface area contributed by atoms with E-state index in [2.05, 4.69) is 0 Å². The van der Waals surface area contributed by atoms with Gasteiger partial charge >= 0.3 is 0 Å². The Bertz CT molecular complexity index is 474. The average molecular weight is 212 g/mol. The van der Waals surface area contributed by atoms with Gasteiger partial charge in [-0.1, -0.05) is 11.6 Å². The molecule has 1 aromatic carbocycles. The van der Waals surface area contributed by atoms with Crippen molar-refractivity contribution >= 4 is 6.08 Å². The minimum Gasteiger partial charge on any atom is -0.493 e. The summed E-state index contributed by atoms with van der Waals surface area (Å²) in [6.07, 6.45) is 1.54. The number of rotatable bonds is 3. The van der Waals surface area contributed by atoms with Crippen LogP contribution in [0.5, 0.6) is 5.75 Å². The highest BCUT2D eigenvalue weighted by Gasteiger charge is 2.03. The highest BCUT2D eigenvalue weighted by atomic mass is 16.5. The molecular weight excluding hydrogens is 200 g/mol. The third-order valence-electron chi connectivity index (χ3n) is 2.01. The summed E-state index contributed by atoms with van der Waals surface area (Å²) in [7, 11) is 0. The zero-order valence-corrected chi connectivity index (χ0v) is 9.32. The fourth-order valence-corrected chi connectivity index (χ4v) is 1.31. The molecule has 0 aliphatic rings.